The lowest BCUT2D eigenvalue weighted by Gasteiger charge is -2.02. The van der Waals surface area contributed by atoms with Crippen molar-refractivity contribution in [3.63, 3.8) is 0 Å². The van der Waals surface area contributed by atoms with Crippen LogP contribution in [0.4, 0.5) is 0 Å². The van der Waals surface area contributed by atoms with E-state index in [0.29, 0.717) is 6.42 Å². The molecule has 0 amide bonds. The SMILES string of the molecule is O=C(O)c1csc(S(=O)(=O)NCCc2cscn2)c1. The van der Waals surface area contributed by atoms with Crippen molar-refractivity contribution in [2.75, 3.05) is 6.54 Å². The molecule has 6 nitrogen and oxygen atoms in total. The number of carboxylic acids is 1. The van der Waals surface area contributed by atoms with Crippen molar-refractivity contribution < 1.29 is 18.3 Å². The maximum Gasteiger partial charge on any atom is 0.336 e. The first-order valence-corrected chi connectivity index (χ1v) is 8.48. The van der Waals surface area contributed by atoms with Crippen LogP contribution in [0, 0.1) is 0 Å². The Morgan fingerprint density at radius 3 is 2.79 bits per heavy atom. The van der Waals surface area contributed by atoms with Gasteiger partial charge in [-0.25, -0.2) is 22.9 Å². The zero-order valence-corrected chi connectivity index (χ0v) is 12.0. The molecule has 0 saturated carbocycles. The molecule has 2 aromatic heterocycles. The van der Waals surface area contributed by atoms with Gasteiger partial charge < -0.3 is 5.11 Å². The Labute approximate surface area is 117 Å². The molecule has 0 aliphatic heterocycles. The number of carboxylic acid groups (broad SMARTS) is 1. The highest BCUT2D eigenvalue weighted by Crippen LogP contribution is 2.20. The first kappa shape index (κ1) is 14.1. The molecule has 0 aromatic carbocycles. The monoisotopic (exact) mass is 318 g/mol. The second-order valence-electron chi connectivity index (χ2n) is 3.59. The Bertz CT molecular complexity index is 661. The third-order valence-electron chi connectivity index (χ3n) is 2.24. The van der Waals surface area contributed by atoms with E-state index in [-0.39, 0.29) is 16.3 Å². The van der Waals surface area contributed by atoms with E-state index in [1.807, 2.05) is 5.38 Å². The van der Waals surface area contributed by atoms with Gasteiger partial charge in [0.05, 0.1) is 16.8 Å². The summed E-state index contributed by atoms with van der Waals surface area (Å²) in [6.45, 7) is 0.229. The van der Waals surface area contributed by atoms with Crippen LogP contribution in [0.5, 0.6) is 0 Å². The van der Waals surface area contributed by atoms with Crippen LogP contribution in [-0.4, -0.2) is 31.0 Å². The van der Waals surface area contributed by atoms with E-state index in [9.17, 15) is 13.2 Å². The molecule has 2 N–H and O–H groups in total. The van der Waals surface area contributed by atoms with Gasteiger partial charge in [-0.3, -0.25) is 0 Å². The fraction of sp³-hybridized carbons (Fsp3) is 0.200. The number of aromatic nitrogens is 1. The van der Waals surface area contributed by atoms with E-state index in [2.05, 4.69) is 9.71 Å². The Balaban J connectivity index is 1.99. The zero-order valence-electron chi connectivity index (χ0n) is 9.57. The summed E-state index contributed by atoms with van der Waals surface area (Å²) in [5, 5.41) is 11.9. The lowest BCUT2D eigenvalue weighted by Crippen LogP contribution is -2.25. The second kappa shape index (κ2) is 5.78. The summed E-state index contributed by atoms with van der Waals surface area (Å²) >= 11 is 2.34. The lowest BCUT2D eigenvalue weighted by atomic mass is 10.3. The molecule has 19 heavy (non-hydrogen) atoms. The average molecular weight is 318 g/mol. The molecule has 0 radical (unpaired) electrons. The number of thiophene rings is 1. The summed E-state index contributed by atoms with van der Waals surface area (Å²) in [6.07, 6.45) is 0.500. The number of nitrogens with one attached hydrogen (secondary N) is 1. The lowest BCUT2D eigenvalue weighted by molar-refractivity contribution is 0.0697. The number of nitrogens with zero attached hydrogens (tertiary/aromatic N) is 1. The highest BCUT2D eigenvalue weighted by atomic mass is 32.2. The molecule has 2 aromatic rings. The Morgan fingerprint density at radius 2 is 2.21 bits per heavy atom. The molecular formula is C10H10N2O4S3. The first-order valence-electron chi connectivity index (χ1n) is 5.17. The molecule has 0 saturated heterocycles. The molecule has 102 valence electrons. The third-order valence-corrected chi connectivity index (χ3v) is 5.78. The Hall–Kier alpha value is -1.29. The van der Waals surface area contributed by atoms with Gasteiger partial charge in [0.1, 0.15) is 4.21 Å². The quantitative estimate of drug-likeness (QED) is 0.840. The largest absolute Gasteiger partial charge is 0.478 e. The van der Waals surface area contributed by atoms with Gasteiger partial charge in [-0.1, -0.05) is 0 Å². The predicted octanol–water partition coefficient (Wildman–Crippen LogP) is 1.42. The van der Waals surface area contributed by atoms with E-state index in [1.54, 1.807) is 5.51 Å². The van der Waals surface area contributed by atoms with Crippen LogP contribution in [0.3, 0.4) is 0 Å². The van der Waals surface area contributed by atoms with E-state index in [0.717, 1.165) is 23.1 Å². The molecule has 2 heterocycles. The predicted molar refractivity (Wildman–Crippen MR) is 72.3 cm³/mol. The van der Waals surface area contributed by atoms with Gasteiger partial charge in [-0.2, -0.15) is 0 Å². The third kappa shape index (κ3) is 3.60. The highest BCUT2D eigenvalue weighted by Gasteiger charge is 2.18. The number of aromatic carboxylic acids is 1. The van der Waals surface area contributed by atoms with Crippen molar-refractivity contribution in [3.05, 3.63) is 33.6 Å². The minimum atomic E-state index is -3.65. The van der Waals surface area contributed by atoms with Crippen LogP contribution < -0.4 is 4.72 Å². The molecule has 0 aliphatic rings. The van der Waals surface area contributed by atoms with Crippen molar-refractivity contribution in [2.24, 2.45) is 0 Å². The number of hydrogen-bond donors (Lipinski definition) is 2. The summed E-state index contributed by atoms with van der Waals surface area (Å²) in [6, 6.07) is 1.15. The number of hydrogen-bond acceptors (Lipinski definition) is 6. The highest BCUT2D eigenvalue weighted by molar-refractivity contribution is 7.91. The Morgan fingerprint density at radius 1 is 1.42 bits per heavy atom. The van der Waals surface area contributed by atoms with E-state index in [1.165, 1.54) is 16.7 Å². The van der Waals surface area contributed by atoms with Crippen LogP contribution in [0.2, 0.25) is 0 Å². The fourth-order valence-corrected chi connectivity index (χ4v) is 4.14. The van der Waals surface area contributed by atoms with Gasteiger partial charge in [-0.05, 0) is 6.07 Å². The zero-order chi connectivity index (χ0) is 13.9. The van der Waals surface area contributed by atoms with Crippen molar-refractivity contribution in [2.45, 2.75) is 10.6 Å². The fourth-order valence-electron chi connectivity index (χ4n) is 1.32. The van der Waals surface area contributed by atoms with E-state index >= 15 is 0 Å². The maximum atomic E-state index is 11.9. The number of thiazole rings is 1. The molecular weight excluding hydrogens is 308 g/mol. The summed E-state index contributed by atoms with van der Waals surface area (Å²) in [5.74, 6) is -1.14. The molecule has 0 fully saturated rings. The van der Waals surface area contributed by atoms with Gasteiger partial charge in [-0.15, -0.1) is 22.7 Å². The topological polar surface area (TPSA) is 96.4 Å². The normalized spacial score (nSPS) is 11.6. The van der Waals surface area contributed by atoms with Gasteiger partial charge in [0.2, 0.25) is 10.0 Å². The van der Waals surface area contributed by atoms with Crippen LogP contribution in [0.25, 0.3) is 0 Å². The number of sulfonamides is 1. The summed E-state index contributed by atoms with van der Waals surface area (Å²) in [4.78, 5) is 14.7. The second-order valence-corrected chi connectivity index (χ2v) is 7.21. The first-order chi connectivity index (χ1) is 8.99. The van der Waals surface area contributed by atoms with Gasteiger partial charge in [0.15, 0.2) is 0 Å². The molecule has 0 aliphatic carbocycles. The minimum absolute atomic E-state index is 0.00294. The Kier molecular flexibility index (Phi) is 4.30. The number of carbonyl (C=O) groups is 1. The van der Waals surface area contributed by atoms with Crippen LogP contribution in [-0.2, 0) is 16.4 Å². The van der Waals surface area contributed by atoms with Gasteiger partial charge in [0.25, 0.3) is 0 Å². The molecule has 9 heteroatoms. The minimum Gasteiger partial charge on any atom is -0.478 e. The van der Waals surface area contributed by atoms with Crippen molar-refractivity contribution in [1.29, 1.82) is 0 Å². The van der Waals surface area contributed by atoms with E-state index in [4.69, 9.17) is 5.11 Å². The van der Waals surface area contributed by atoms with Gasteiger partial charge >= 0.3 is 5.97 Å². The van der Waals surface area contributed by atoms with Crippen molar-refractivity contribution >= 4 is 38.7 Å². The summed E-state index contributed by atoms with van der Waals surface area (Å²) in [5.41, 5.74) is 2.48. The van der Waals surface area contributed by atoms with Crippen molar-refractivity contribution in [3.8, 4) is 0 Å². The van der Waals surface area contributed by atoms with Crippen molar-refractivity contribution in [1.82, 2.24) is 9.71 Å². The summed E-state index contributed by atoms with van der Waals surface area (Å²) in [7, 11) is -3.65. The summed E-state index contributed by atoms with van der Waals surface area (Å²) < 4.78 is 26.2. The average Bonchev–Trinajstić information content (AvgIpc) is 2.99. The smallest absolute Gasteiger partial charge is 0.336 e. The van der Waals surface area contributed by atoms with Crippen LogP contribution in [0.15, 0.2) is 26.5 Å². The molecule has 0 bridgehead atoms. The van der Waals surface area contributed by atoms with Gasteiger partial charge in [0, 0.05) is 23.7 Å². The maximum absolute atomic E-state index is 11.9. The van der Waals surface area contributed by atoms with E-state index < -0.39 is 16.0 Å². The molecule has 0 spiro atoms. The standard InChI is InChI=1S/C10H10N2O4S3/c13-10(14)7-3-9(18-4-7)19(15,16)12-2-1-8-5-17-6-11-8/h3-6,12H,1-2H2,(H,13,14). The van der Waals surface area contributed by atoms with Crippen LogP contribution in [0.1, 0.15) is 16.1 Å². The molecule has 0 atom stereocenters. The number of rotatable bonds is 6. The molecule has 0 unspecified atom stereocenters. The molecule has 2 rings (SSSR count). The van der Waals surface area contributed by atoms with Crippen LogP contribution >= 0.6 is 22.7 Å².